The molecule has 0 aromatic carbocycles. The van der Waals surface area contributed by atoms with Gasteiger partial charge in [-0.05, 0) is 6.92 Å². The lowest BCUT2D eigenvalue weighted by Crippen LogP contribution is -2.46. The van der Waals surface area contributed by atoms with E-state index >= 15 is 0 Å². The molecular weight excluding hydrogens is 420 g/mol. The SMILES string of the molecule is CC(O)C(=O)O.O=C[C@H](O)[C@@H](O)[C@H](O)[C@H](O)CO.OC[C@H]1O[C@](O)(CO)[C@@H](O)[C@@H]1O. The van der Waals surface area contributed by atoms with Gasteiger partial charge in [-0.25, -0.2) is 4.79 Å². The van der Waals surface area contributed by atoms with Gasteiger partial charge in [-0.15, -0.1) is 0 Å². The molecule has 1 heterocycles. The molecule has 0 aromatic heterocycles. The van der Waals surface area contributed by atoms with Crippen molar-refractivity contribution in [2.24, 2.45) is 0 Å². The molecule has 12 N–H and O–H groups in total. The third kappa shape index (κ3) is 9.65. The monoisotopic (exact) mass is 450 g/mol. The first-order chi connectivity index (χ1) is 13.7. The minimum atomic E-state index is -2.16. The van der Waals surface area contributed by atoms with Gasteiger partial charge < -0.3 is 70.8 Å². The highest BCUT2D eigenvalue weighted by Gasteiger charge is 2.52. The molecule has 0 amide bonds. The Morgan fingerprint density at radius 3 is 1.77 bits per heavy atom. The minimum Gasteiger partial charge on any atom is -0.479 e. The first-order valence-corrected chi connectivity index (χ1v) is 8.41. The smallest absolute Gasteiger partial charge is 0.332 e. The number of hydrogen-bond acceptors (Lipinski definition) is 14. The summed E-state index contributed by atoms with van der Waals surface area (Å²) in [7, 11) is 0. The maximum Gasteiger partial charge on any atom is 0.332 e. The van der Waals surface area contributed by atoms with E-state index in [0.29, 0.717) is 0 Å². The van der Waals surface area contributed by atoms with E-state index in [2.05, 4.69) is 4.74 Å². The van der Waals surface area contributed by atoms with Gasteiger partial charge in [0.15, 0.2) is 6.29 Å². The summed E-state index contributed by atoms with van der Waals surface area (Å²) in [6, 6.07) is 0. The molecule has 180 valence electrons. The molecule has 0 aliphatic carbocycles. The number of carbonyl (C=O) groups is 2. The predicted octanol–water partition coefficient (Wildman–Crippen LogP) is -7.15. The maximum absolute atomic E-state index is 9.90. The highest BCUT2D eigenvalue weighted by Crippen LogP contribution is 2.28. The van der Waals surface area contributed by atoms with Crippen LogP contribution in [0.4, 0.5) is 0 Å². The van der Waals surface area contributed by atoms with Gasteiger partial charge in [-0.2, -0.15) is 0 Å². The number of rotatable bonds is 8. The molecule has 0 aromatic rings. The quantitative estimate of drug-likeness (QED) is 0.153. The van der Waals surface area contributed by atoms with Crippen LogP contribution in [0.15, 0.2) is 0 Å². The van der Waals surface area contributed by atoms with E-state index in [-0.39, 0.29) is 6.29 Å². The Balaban J connectivity index is 0. The van der Waals surface area contributed by atoms with Crippen LogP contribution < -0.4 is 0 Å². The van der Waals surface area contributed by atoms with Crippen LogP contribution in [0.1, 0.15) is 6.92 Å². The zero-order chi connectivity index (χ0) is 24.2. The predicted molar refractivity (Wildman–Crippen MR) is 92.5 cm³/mol. The second-order valence-electron chi connectivity index (χ2n) is 6.15. The van der Waals surface area contributed by atoms with Gasteiger partial charge in [-0.1, -0.05) is 0 Å². The van der Waals surface area contributed by atoms with Crippen molar-refractivity contribution >= 4 is 12.3 Å². The lowest BCUT2D eigenvalue weighted by molar-refractivity contribution is -0.248. The molecule has 9 atom stereocenters. The van der Waals surface area contributed by atoms with E-state index in [9.17, 15) is 14.7 Å². The lowest BCUT2D eigenvalue weighted by Gasteiger charge is -2.22. The zero-order valence-corrected chi connectivity index (χ0v) is 15.9. The van der Waals surface area contributed by atoms with Crippen LogP contribution in [0.5, 0.6) is 0 Å². The Hall–Kier alpha value is -1.34. The molecule has 1 rings (SSSR count). The molecule has 1 saturated heterocycles. The summed E-state index contributed by atoms with van der Waals surface area (Å²) in [5, 5.41) is 104. The number of carbonyl (C=O) groups excluding carboxylic acids is 1. The zero-order valence-electron chi connectivity index (χ0n) is 15.9. The van der Waals surface area contributed by atoms with Crippen molar-refractivity contribution in [3.05, 3.63) is 0 Å². The summed E-state index contributed by atoms with van der Waals surface area (Å²) >= 11 is 0. The molecule has 1 fully saturated rings. The third-order valence-corrected chi connectivity index (χ3v) is 3.71. The van der Waals surface area contributed by atoms with Crippen molar-refractivity contribution in [2.75, 3.05) is 19.8 Å². The number of aldehydes is 1. The summed E-state index contributed by atoms with van der Waals surface area (Å²) in [5.74, 6) is -3.35. The second-order valence-corrected chi connectivity index (χ2v) is 6.15. The summed E-state index contributed by atoms with van der Waals surface area (Å²) in [5.41, 5.74) is 0. The summed E-state index contributed by atoms with van der Waals surface area (Å²) in [4.78, 5) is 19.3. The van der Waals surface area contributed by atoms with E-state index in [1.807, 2.05) is 0 Å². The van der Waals surface area contributed by atoms with Crippen LogP contribution in [0.25, 0.3) is 0 Å². The molecule has 0 bridgehead atoms. The van der Waals surface area contributed by atoms with E-state index in [1.54, 1.807) is 0 Å². The van der Waals surface area contributed by atoms with E-state index in [4.69, 9.17) is 56.2 Å². The van der Waals surface area contributed by atoms with Crippen molar-refractivity contribution in [2.45, 2.75) is 61.5 Å². The summed E-state index contributed by atoms with van der Waals surface area (Å²) < 4.78 is 4.63. The van der Waals surface area contributed by atoms with Crippen LogP contribution in [0.2, 0.25) is 0 Å². The normalized spacial score (nSPS) is 30.5. The van der Waals surface area contributed by atoms with Crippen LogP contribution in [-0.4, -0.2) is 148 Å². The fraction of sp³-hybridized carbons (Fsp3) is 0.867. The molecule has 30 heavy (non-hydrogen) atoms. The van der Waals surface area contributed by atoms with Crippen LogP contribution in [-0.2, 0) is 14.3 Å². The largest absolute Gasteiger partial charge is 0.479 e. The van der Waals surface area contributed by atoms with E-state index < -0.39 is 80.4 Å². The van der Waals surface area contributed by atoms with E-state index in [0.717, 1.165) is 0 Å². The molecule has 15 nitrogen and oxygen atoms in total. The number of ether oxygens (including phenoxy) is 1. The molecule has 15 heteroatoms. The van der Waals surface area contributed by atoms with Crippen LogP contribution >= 0.6 is 0 Å². The Morgan fingerprint density at radius 2 is 1.53 bits per heavy atom. The molecule has 1 aliphatic heterocycles. The molecule has 0 spiro atoms. The molecular formula is C15H30O15. The van der Waals surface area contributed by atoms with Crippen molar-refractivity contribution < 1.29 is 75.6 Å². The molecule has 1 unspecified atom stereocenters. The summed E-state index contributed by atoms with van der Waals surface area (Å²) in [6.45, 7) is -0.922. The number of aliphatic hydroxyl groups excluding tert-OH is 10. The number of hydrogen-bond donors (Lipinski definition) is 12. The van der Waals surface area contributed by atoms with Gasteiger partial charge >= 0.3 is 5.97 Å². The fourth-order valence-electron chi connectivity index (χ4n) is 1.77. The van der Waals surface area contributed by atoms with Gasteiger partial charge in [0.1, 0.15) is 48.8 Å². The average Bonchev–Trinajstić information content (AvgIpc) is 2.96. The lowest BCUT2D eigenvalue weighted by atomic mass is 10.0. The Kier molecular flexibility index (Phi) is 15.0. The molecule has 1 aliphatic rings. The first kappa shape index (κ1) is 30.9. The van der Waals surface area contributed by atoms with Crippen molar-refractivity contribution in [1.82, 2.24) is 0 Å². The van der Waals surface area contributed by atoms with Gasteiger partial charge in [0, 0.05) is 0 Å². The van der Waals surface area contributed by atoms with Gasteiger partial charge in [0.2, 0.25) is 5.79 Å². The number of carboxylic acid groups (broad SMARTS) is 1. The highest BCUT2D eigenvalue weighted by atomic mass is 16.7. The standard InChI is InChI=1S/2C6H12O6.C3H6O3/c7-1-3-4(9)5(10)6(11,2-8)12-3;7-1-3(9)5(11)6(12)4(10)2-8;1-2(4)3(5)6/h3-5,7-11H,1-2H2;1,3-6,8-12H,2H2;2,4H,1H3,(H,5,6)/t3-,4-,5+,6-;3-,4+,5+,6+;/m10./s1. The number of aliphatic hydroxyl groups is 11. The highest BCUT2D eigenvalue weighted by molar-refractivity contribution is 5.71. The van der Waals surface area contributed by atoms with Crippen LogP contribution in [0.3, 0.4) is 0 Å². The fourth-order valence-corrected chi connectivity index (χ4v) is 1.77. The number of aliphatic carboxylic acids is 1. The molecule has 0 saturated carbocycles. The Bertz CT molecular complexity index is 489. The van der Waals surface area contributed by atoms with Gasteiger partial charge in [0.25, 0.3) is 0 Å². The van der Waals surface area contributed by atoms with Crippen LogP contribution in [0, 0.1) is 0 Å². The minimum absolute atomic E-state index is 0.0258. The third-order valence-electron chi connectivity index (χ3n) is 3.71. The van der Waals surface area contributed by atoms with E-state index in [1.165, 1.54) is 6.92 Å². The van der Waals surface area contributed by atoms with Crippen molar-refractivity contribution in [3.8, 4) is 0 Å². The van der Waals surface area contributed by atoms with Crippen molar-refractivity contribution in [3.63, 3.8) is 0 Å². The van der Waals surface area contributed by atoms with Gasteiger partial charge in [-0.3, -0.25) is 0 Å². The average molecular weight is 450 g/mol. The second kappa shape index (κ2) is 14.6. The summed E-state index contributed by atoms with van der Waals surface area (Å²) in [6.07, 6.45) is -12.1. The Morgan fingerprint density at radius 1 is 1.07 bits per heavy atom. The van der Waals surface area contributed by atoms with Gasteiger partial charge in [0.05, 0.1) is 19.8 Å². The Labute approximate surface area is 170 Å². The van der Waals surface area contributed by atoms with Crippen molar-refractivity contribution in [1.29, 1.82) is 0 Å². The molecule has 0 radical (unpaired) electrons. The first-order valence-electron chi connectivity index (χ1n) is 8.41. The maximum atomic E-state index is 9.90. The topological polar surface area (TPSA) is 286 Å². The number of carboxylic acids is 1.